The Morgan fingerprint density at radius 1 is 1.23 bits per heavy atom. The lowest BCUT2D eigenvalue weighted by atomic mass is 9.95. The molecule has 0 radical (unpaired) electrons. The van der Waals surface area contributed by atoms with Crippen molar-refractivity contribution in [2.24, 2.45) is 4.99 Å². The molecule has 0 spiro atoms. The number of dihydropyridines is 1. The van der Waals surface area contributed by atoms with E-state index in [1.807, 2.05) is 24.4 Å². The molecule has 2 N–H and O–H groups in total. The van der Waals surface area contributed by atoms with E-state index in [0.717, 1.165) is 53.2 Å². The number of fused-ring (bicyclic) bond motifs is 3. The van der Waals surface area contributed by atoms with Gasteiger partial charge in [-0.05, 0) is 65.8 Å². The summed E-state index contributed by atoms with van der Waals surface area (Å²) in [6.45, 7) is 3.65. The zero-order chi connectivity index (χ0) is 21.4. The maximum atomic E-state index is 9.23. The summed E-state index contributed by atoms with van der Waals surface area (Å²) in [6, 6.07) is 6.54. The quantitative estimate of drug-likeness (QED) is 0.757. The normalized spacial score (nSPS) is 20.2. The SMILES string of the molecule is COc1cc2[nH]c3c(c2cc1C)CCN/C3=C\C=C1/C=NCC2=C1CC=C(C#N)C=C2. The second kappa shape index (κ2) is 7.81. The zero-order valence-corrected chi connectivity index (χ0v) is 17.7. The van der Waals surface area contributed by atoms with Crippen LogP contribution in [0, 0.1) is 18.3 Å². The van der Waals surface area contributed by atoms with Gasteiger partial charge in [0.1, 0.15) is 5.75 Å². The number of hydrogen-bond acceptors (Lipinski definition) is 4. The molecule has 154 valence electrons. The van der Waals surface area contributed by atoms with Crippen LogP contribution in [0.4, 0.5) is 0 Å². The van der Waals surface area contributed by atoms with Gasteiger partial charge in [0.15, 0.2) is 0 Å². The molecule has 0 saturated carbocycles. The van der Waals surface area contributed by atoms with E-state index in [1.54, 1.807) is 7.11 Å². The fourth-order valence-electron chi connectivity index (χ4n) is 4.52. The number of nitrogens with one attached hydrogen (secondary N) is 2. The minimum absolute atomic E-state index is 0.665. The first kappa shape index (κ1) is 19.2. The Balaban J connectivity index is 1.54. The predicted molar refractivity (Wildman–Crippen MR) is 125 cm³/mol. The van der Waals surface area contributed by atoms with Crippen molar-refractivity contribution < 1.29 is 4.74 Å². The van der Waals surface area contributed by atoms with Crippen molar-refractivity contribution in [1.29, 1.82) is 5.26 Å². The molecule has 1 aromatic carbocycles. The number of ether oxygens (including phenoxy) is 1. The number of aromatic nitrogens is 1. The molecule has 31 heavy (non-hydrogen) atoms. The second-order valence-corrected chi connectivity index (χ2v) is 8.01. The molecule has 5 rings (SSSR count). The van der Waals surface area contributed by atoms with Gasteiger partial charge in [-0.25, -0.2) is 0 Å². The van der Waals surface area contributed by atoms with Crippen LogP contribution in [0.5, 0.6) is 5.75 Å². The minimum Gasteiger partial charge on any atom is -0.496 e. The Bertz CT molecular complexity index is 1310. The maximum absolute atomic E-state index is 9.23. The van der Waals surface area contributed by atoms with Gasteiger partial charge < -0.3 is 15.0 Å². The number of benzene rings is 1. The molecule has 5 heteroatoms. The standard InChI is InChI=1S/C26H24N4O/c1-16-11-22-21-9-10-29-23(26(21)30-24(22)12-25(16)31-2)8-6-19-15-28-14-18-5-3-17(13-27)4-7-20(18)19/h3-6,8,11-12,15,29-30H,7,9-10,14H2,1-2H3/b19-6+,23-8-. The molecule has 0 fully saturated rings. The molecule has 0 atom stereocenters. The van der Waals surface area contributed by atoms with Crippen molar-refractivity contribution in [1.82, 2.24) is 10.3 Å². The van der Waals surface area contributed by atoms with Gasteiger partial charge in [-0.15, -0.1) is 0 Å². The maximum Gasteiger partial charge on any atom is 0.123 e. The van der Waals surface area contributed by atoms with Crippen LogP contribution in [0.1, 0.15) is 23.2 Å². The summed E-state index contributed by atoms with van der Waals surface area (Å²) >= 11 is 0. The van der Waals surface area contributed by atoms with E-state index in [-0.39, 0.29) is 0 Å². The predicted octanol–water partition coefficient (Wildman–Crippen LogP) is 4.69. The van der Waals surface area contributed by atoms with Gasteiger partial charge in [-0.3, -0.25) is 4.99 Å². The Morgan fingerprint density at radius 2 is 2.13 bits per heavy atom. The van der Waals surface area contributed by atoms with Crippen LogP contribution >= 0.6 is 0 Å². The first-order chi connectivity index (χ1) is 15.2. The Morgan fingerprint density at radius 3 is 2.97 bits per heavy atom. The number of methoxy groups -OCH3 is 1. The fraction of sp³-hybridized carbons (Fsp3) is 0.231. The zero-order valence-electron chi connectivity index (χ0n) is 17.7. The number of hydrogen-bond donors (Lipinski definition) is 2. The topological polar surface area (TPSA) is 73.2 Å². The summed E-state index contributed by atoms with van der Waals surface area (Å²) in [5.74, 6) is 0.899. The van der Waals surface area contributed by atoms with Crippen molar-refractivity contribution in [2.75, 3.05) is 20.2 Å². The fourth-order valence-corrected chi connectivity index (χ4v) is 4.52. The molecule has 0 amide bonds. The summed E-state index contributed by atoms with van der Waals surface area (Å²) in [5.41, 5.74) is 10.0. The summed E-state index contributed by atoms with van der Waals surface area (Å²) in [5, 5.41) is 14.0. The van der Waals surface area contributed by atoms with Crippen LogP contribution in [0.15, 0.2) is 69.8 Å². The van der Waals surface area contributed by atoms with Gasteiger partial charge in [0, 0.05) is 35.3 Å². The average molecular weight is 409 g/mol. The molecule has 1 aromatic heterocycles. The molecular weight excluding hydrogens is 384 g/mol. The highest BCUT2D eigenvalue weighted by Gasteiger charge is 2.20. The number of H-pyrrole nitrogens is 1. The first-order valence-corrected chi connectivity index (χ1v) is 10.5. The van der Waals surface area contributed by atoms with Gasteiger partial charge in [-0.1, -0.05) is 18.2 Å². The van der Waals surface area contributed by atoms with Crippen molar-refractivity contribution >= 4 is 22.8 Å². The minimum atomic E-state index is 0.665. The molecule has 3 heterocycles. The Kier molecular flexibility index (Phi) is 4.83. The number of allylic oxidation sites excluding steroid dienone is 7. The van der Waals surface area contributed by atoms with Crippen LogP contribution in [-0.4, -0.2) is 31.4 Å². The highest BCUT2D eigenvalue weighted by Crippen LogP contribution is 2.34. The first-order valence-electron chi connectivity index (χ1n) is 10.5. The number of aryl methyl sites for hydroxylation is 1. The highest BCUT2D eigenvalue weighted by molar-refractivity contribution is 5.92. The molecule has 0 unspecified atom stereocenters. The second-order valence-electron chi connectivity index (χ2n) is 8.01. The van der Waals surface area contributed by atoms with Gasteiger partial charge in [-0.2, -0.15) is 5.26 Å². The van der Waals surface area contributed by atoms with Gasteiger partial charge in [0.25, 0.3) is 0 Å². The molecule has 2 aliphatic heterocycles. The van der Waals surface area contributed by atoms with Crippen molar-refractivity contribution in [3.63, 3.8) is 0 Å². The molecule has 0 saturated heterocycles. The van der Waals surface area contributed by atoms with E-state index in [1.165, 1.54) is 22.1 Å². The molecular formula is C26H24N4O. The molecule has 2 aromatic rings. The van der Waals surface area contributed by atoms with E-state index in [2.05, 4.69) is 52.6 Å². The molecule has 3 aliphatic rings. The highest BCUT2D eigenvalue weighted by atomic mass is 16.5. The van der Waals surface area contributed by atoms with Gasteiger partial charge in [0.2, 0.25) is 0 Å². The van der Waals surface area contributed by atoms with E-state index in [9.17, 15) is 5.26 Å². The third-order valence-electron chi connectivity index (χ3n) is 6.16. The van der Waals surface area contributed by atoms with Crippen molar-refractivity contribution in [2.45, 2.75) is 19.8 Å². The Labute approximate surface area is 181 Å². The Hall–Kier alpha value is -3.78. The van der Waals surface area contributed by atoms with E-state index < -0.39 is 0 Å². The summed E-state index contributed by atoms with van der Waals surface area (Å²) in [4.78, 5) is 8.12. The number of rotatable bonds is 2. The van der Waals surface area contributed by atoms with Crippen molar-refractivity contribution in [3.8, 4) is 11.8 Å². The van der Waals surface area contributed by atoms with Crippen LogP contribution in [0.25, 0.3) is 16.6 Å². The van der Waals surface area contributed by atoms with Crippen LogP contribution < -0.4 is 10.1 Å². The van der Waals surface area contributed by atoms with Gasteiger partial charge >= 0.3 is 0 Å². The van der Waals surface area contributed by atoms with Crippen LogP contribution in [-0.2, 0) is 6.42 Å². The number of aromatic amines is 1. The number of nitriles is 1. The van der Waals surface area contributed by atoms with Gasteiger partial charge in [0.05, 0.1) is 31.1 Å². The summed E-state index contributed by atoms with van der Waals surface area (Å²) in [6.07, 6.45) is 13.8. The molecule has 5 nitrogen and oxygen atoms in total. The average Bonchev–Trinajstić information content (AvgIpc) is 3.01. The van der Waals surface area contributed by atoms with E-state index >= 15 is 0 Å². The number of nitrogens with zero attached hydrogens (tertiary/aromatic N) is 2. The molecule has 1 aliphatic carbocycles. The third-order valence-corrected chi connectivity index (χ3v) is 6.16. The van der Waals surface area contributed by atoms with E-state index in [0.29, 0.717) is 12.1 Å². The molecule has 0 bridgehead atoms. The van der Waals surface area contributed by atoms with E-state index in [4.69, 9.17) is 4.74 Å². The lowest BCUT2D eigenvalue weighted by molar-refractivity contribution is 0.412. The van der Waals surface area contributed by atoms with Crippen LogP contribution in [0.2, 0.25) is 0 Å². The third kappa shape index (κ3) is 3.40. The lowest BCUT2D eigenvalue weighted by Crippen LogP contribution is -2.22. The number of aliphatic imine (C=N–C) groups is 1. The smallest absolute Gasteiger partial charge is 0.123 e. The lowest BCUT2D eigenvalue weighted by Gasteiger charge is -2.18. The van der Waals surface area contributed by atoms with Crippen LogP contribution in [0.3, 0.4) is 0 Å². The summed E-state index contributed by atoms with van der Waals surface area (Å²) in [7, 11) is 1.71. The largest absolute Gasteiger partial charge is 0.496 e. The monoisotopic (exact) mass is 408 g/mol. The van der Waals surface area contributed by atoms with Crippen molar-refractivity contribution in [3.05, 3.63) is 81.6 Å². The summed E-state index contributed by atoms with van der Waals surface area (Å²) < 4.78 is 5.51.